The van der Waals surface area contributed by atoms with Gasteiger partial charge in [-0.15, -0.1) is 12.4 Å². The van der Waals surface area contributed by atoms with Crippen LogP contribution in [0.4, 0.5) is 0 Å². The number of hydrogen-bond acceptors (Lipinski definition) is 2. The van der Waals surface area contributed by atoms with E-state index in [0.29, 0.717) is 0 Å². The van der Waals surface area contributed by atoms with Gasteiger partial charge in [0.1, 0.15) is 0 Å². The second-order valence-corrected chi connectivity index (χ2v) is 6.05. The molecule has 4 heteroatoms. The second-order valence-electron chi connectivity index (χ2n) is 6.05. The molecular formula is C12H23ClN2O. The number of rotatable bonds is 2. The topological polar surface area (TPSA) is 41.1 Å². The van der Waals surface area contributed by atoms with Crippen molar-refractivity contribution < 1.29 is 4.79 Å². The monoisotopic (exact) mass is 246 g/mol. The van der Waals surface area contributed by atoms with E-state index in [2.05, 4.69) is 31.4 Å². The molecule has 0 spiro atoms. The Morgan fingerprint density at radius 2 is 1.75 bits per heavy atom. The summed E-state index contributed by atoms with van der Waals surface area (Å²) in [5.74, 6) is 0.522. The first-order valence-corrected chi connectivity index (χ1v) is 5.96. The van der Waals surface area contributed by atoms with E-state index in [-0.39, 0.29) is 35.2 Å². The Kier molecular flexibility index (Phi) is 3.91. The van der Waals surface area contributed by atoms with E-state index < -0.39 is 0 Å². The van der Waals surface area contributed by atoms with Crippen molar-refractivity contribution in [1.29, 1.82) is 0 Å². The maximum Gasteiger partial charge on any atom is 0.224 e. The number of halogens is 1. The number of carbonyl (C=O) groups is 1. The highest BCUT2D eigenvalue weighted by Gasteiger charge is 2.51. The molecule has 1 amide bonds. The molecule has 1 aliphatic carbocycles. The summed E-state index contributed by atoms with van der Waals surface area (Å²) in [4.78, 5) is 12.0. The van der Waals surface area contributed by atoms with E-state index in [9.17, 15) is 4.79 Å². The lowest BCUT2D eigenvalue weighted by Gasteiger charge is -2.35. The van der Waals surface area contributed by atoms with Gasteiger partial charge in [-0.05, 0) is 44.7 Å². The van der Waals surface area contributed by atoms with Crippen molar-refractivity contribution in [2.45, 2.75) is 45.6 Å². The summed E-state index contributed by atoms with van der Waals surface area (Å²) >= 11 is 0. The van der Waals surface area contributed by atoms with Gasteiger partial charge in [0.05, 0.1) is 0 Å². The summed E-state index contributed by atoms with van der Waals surface area (Å²) in [6, 6.07) is 0. The summed E-state index contributed by atoms with van der Waals surface area (Å²) in [6.07, 6.45) is 3.14. The van der Waals surface area contributed by atoms with E-state index in [4.69, 9.17) is 0 Å². The molecule has 0 aromatic heterocycles. The molecule has 1 aliphatic heterocycles. The predicted octanol–water partition coefficient (Wildman–Crippen LogP) is 1.71. The van der Waals surface area contributed by atoms with Crippen molar-refractivity contribution in [1.82, 2.24) is 10.6 Å². The van der Waals surface area contributed by atoms with Gasteiger partial charge in [-0.3, -0.25) is 4.79 Å². The molecule has 1 unspecified atom stereocenters. The molecule has 0 radical (unpaired) electrons. The minimum Gasteiger partial charge on any atom is -0.351 e. The molecule has 1 heterocycles. The molecule has 16 heavy (non-hydrogen) atoms. The average molecular weight is 247 g/mol. The van der Waals surface area contributed by atoms with Crippen LogP contribution >= 0.6 is 12.4 Å². The van der Waals surface area contributed by atoms with Crippen molar-refractivity contribution in [2.75, 3.05) is 13.1 Å². The van der Waals surface area contributed by atoms with Gasteiger partial charge in [-0.1, -0.05) is 13.8 Å². The molecule has 2 aliphatic rings. The van der Waals surface area contributed by atoms with Crippen molar-refractivity contribution in [3.63, 3.8) is 0 Å². The third-order valence-corrected chi connectivity index (χ3v) is 3.96. The van der Waals surface area contributed by atoms with E-state index in [1.165, 1.54) is 0 Å². The smallest absolute Gasteiger partial charge is 0.224 e. The minimum absolute atomic E-state index is 0. The summed E-state index contributed by atoms with van der Waals surface area (Å²) in [5, 5.41) is 6.56. The third kappa shape index (κ3) is 2.89. The number of hydrogen-bond donors (Lipinski definition) is 2. The van der Waals surface area contributed by atoms with Crippen LogP contribution in [0.1, 0.15) is 40.0 Å². The Balaban J connectivity index is 0.00000128. The molecule has 1 atom stereocenters. The van der Waals surface area contributed by atoms with Crippen LogP contribution in [0, 0.1) is 11.3 Å². The Labute approximate surface area is 104 Å². The summed E-state index contributed by atoms with van der Waals surface area (Å²) in [6.45, 7) is 8.54. The SMILES string of the molecule is CC1(NC(=O)C2CC2(C)C)CCNCC1.Cl. The summed E-state index contributed by atoms with van der Waals surface area (Å²) in [7, 11) is 0. The van der Waals surface area contributed by atoms with Gasteiger partial charge >= 0.3 is 0 Å². The zero-order chi connectivity index (χ0) is 11.1. The Morgan fingerprint density at radius 1 is 1.25 bits per heavy atom. The molecule has 2 rings (SSSR count). The van der Waals surface area contributed by atoms with Gasteiger partial charge in [-0.25, -0.2) is 0 Å². The van der Waals surface area contributed by atoms with Gasteiger partial charge < -0.3 is 10.6 Å². The molecule has 0 bridgehead atoms. The highest BCUT2D eigenvalue weighted by molar-refractivity contribution is 5.85. The van der Waals surface area contributed by atoms with Crippen molar-refractivity contribution in [3.8, 4) is 0 Å². The molecule has 0 aromatic carbocycles. The standard InChI is InChI=1S/C12H22N2O.ClH/c1-11(2)8-9(11)10(15)14-12(3)4-6-13-7-5-12;/h9,13H,4-8H2,1-3H3,(H,14,15);1H. The molecule has 1 saturated heterocycles. The number of piperidine rings is 1. The van der Waals surface area contributed by atoms with Crippen LogP contribution in [0.2, 0.25) is 0 Å². The van der Waals surface area contributed by atoms with Crippen LogP contribution in [-0.2, 0) is 4.79 Å². The number of nitrogens with one attached hydrogen (secondary N) is 2. The molecule has 94 valence electrons. The Bertz CT molecular complexity index is 272. The largest absolute Gasteiger partial charge is 0.351 e. The molecule has 0 aromatic rings. The first-order valence-electron chi connectivity index (χ1n) is 5.96. The Hall–Kier alpha value is -0.280. The fraction of sp³-hybridized carbons (Fsp3) is 0.917. The first-order chi connectivity index (χ1) is 6.93. The fourth-order valence-corrected chi connectivity index (χ4v) is 2.40. The number of amides is 1. The van der Waals surface area contributed by atoms with Crippen LogP contribution < -0.4 is 10.6 Å². The highest BCUT2D eigenvalue weighted by atomic mass is 35.5. The molecule has 2 fully saturated rings. The van der Waals surface area contributed by atoms with Gasteiger partial charge in [-0.2, -0.15) is 0 Å². The molecular weight excluding hydrogens is 224 g/mol. The lowest BCUT2D eigenvalue weighted by molar-refractivity contribution is -0.125. The van der Waals surface area contributed by atoms with Gasteiger partial charge in [0.15, 0.2) is 0 Å². The maximum absolute atomic E-state index is 12.0. The lowest BCUT2D eigenvalue weighted by atomic mass is 9.90. The van der Waals surface area contributed by atoms with Crippen molar-refractivity contribution >= 4 is 18.3 Å². The van der Waals surface area contributed by atoms with Crippen LogP contribution in [0.15, 0.2) is 0 Å². The fourth-order valence-electron chi connectivity index (χ4n) is 2.40. The third-order valence-electron chi connectivity index (χ3n) is 3.96. The first kappa shape index (κ1) is 13.8. The van der Waals surface area contributed by atoms with Gasteiger partial charge in [0, 0.05) is 11.5 Å². The van der Waals surface area contributed by atoms with Crippen molar-refractivity contribution in [3.05, 3.63) is 0 Å². The van der Waals surface area contributed by atoms with Gasteiger partial charge in [0.25, 0.3) is 0 Å². The van der Waals surface area contributed by atoms with E-state index in [0.717, 1.165) is 32.4 Å². The molecule has 3 nitrogen and oxygen atoms in total. The zero-order valence-corrected chi connectivity index (χ0v) is 11.2. The quantitative estimate of drug-likeness (QED) is 0.779. The van der Waals surface area contributed by atoms with Crippen molar-refractivity contribution in [2.24, 2.45) is 11.3 Å². The number of carbonyl (C=O) groups excluding carboxylic acids is 1. The van der Waals surface area contributed by atoms with E-state index >= 15 is 0 Å². The predicted molar refractivity (Wildman–Crippen MR) is 67.8 cm³/mol. The lowest BCUT2D eigenvalue weighted by Crippen LogP contribution is -2.53. The van der Waals surface area contributed by atoms with Crippen LogP contribution in [0.25, 0.3) is 0 Å². The van der Waals surface area contributed by atoms with Crippen LogP contribution in [0.3, 0.4) is 0 Å². The van der Waals surface area contributed by atoms with E-state index in [1.807, 2.05) is 0 Å². The minimum atomic E-state index is 0. The summed E-state index contributed by atoms with van der Waals surface area (Å²) < 4.78 is 0. The maximum atomic E-state index is 12.0. The second kappa shape index (κ2) is 4.53. The van der Waals surface area contributed by atoms with Crippen LogP contribution in [-0.4, -0.2) is 24.5 Å². The zero-order valence-electron chi connectivity index (χ0n) is 10.4. The molecule has 2 N–H and O–H groups in total. The average Bonchev–Trinajstić information content (AvgIpc) is 2.76. The normalized spacial score (nSPS) is 30.1. The molecule has 1 saturated carbocycles. The van der Waals surface area contributed by atoms with E-state index in [1.54, 1.807) is 0 Å². The summed E-state index contributed by atoms with van der Waals surface area (Å²) in [5.41, 5.74) is 0.272. The van der Waals surface area contributed by atoms with Crippen LogP contribution in [0.5, 0.6) is 0 Å². The Morgan fingerprint density at radius 3 is 2.19 bits per heavy atom. The highest BCUT2D eigenvalue weighted by Crippen LogP contribution is 2.51. The van der Waals surface area contributed by atoms with Gasteiger partial charge in [0.2, 0.25) is 5.91 Å².